The van der Waals surface area contributed by atoms with E-state index in [0.29, 0.717) is 47.3 Å². The van der Waals surface area contributed by atoms with Crippen LogP contribution < -0.4 is 10.6 Å². The van der Waals surface area contributed by atoms with E-state index in [1.807, 2.05) is 64.1 Å². The van der Waals surface area contributed by atoms with Crippen molar-refractivity contribution in [2.24, 2.45) is 5.92 Å². The molecule has 0 amide bonds. The van der Waals surface area contributed by atoms with Gasteiger partial charge < -0.3 is 20.3 Å². The second kappa shape index (κ2) is 39.9. The number of esters is 1. The van der Waals surface area contributed by atoms with E-state index in [1.54, 1.807) is 10.9 Å². The third-order valence-corrected chi connectivity index (χ3v) is 14.2. The van der Waals surface area contributed by atoms with E-state index >= 15 is 0 Å². The largest absolute Gasteiger partial charge is 0.459 e. The lowest BCUT2D eigenvalue weighted by Crippen LogP contribution is -2.44. The Bertz CT molecular complexity index is 2260. The number of rotatable bonds is 16. The summed E-state index contributed by atoms with van der Waals surface area (Å²) in [6, 6.07) is 20.7. The molecule has 1 fully saturated rings. The molecule has 1 aliphatic heterocycles. The van der Waals surface area contributed by atoms with Crippen LogP contribution in [0.25, 0.3) is 0 Å². The van der Waals surface area contributed by atoms with E-state index in [1.165, 1.54) is 71.4 Å². The lowest BCUT2D eigenvalue weighted by molar-refractivity contribution is -0.155. The maximum Gasteiger partial charge on any atom is 0.328 e. The Morgan fingerprint density at radius 3 is 1.17 bits per heavy atom. The van der Waals surface area contributed by atoms with Crippen molar-refractivity contribution in [1.29, 1.82) is 0 Å². The Balaban J connectivity index is 0.000000981. The van der Waals surface area contributed by atoms with E-state index in [-0.39, 0.29) is 23.6 Å². The summed E-state index contributed by atoms with van der Waals surface area (Å²) in [5, 5.41) is 15.5. The van der Waals surface area contributed by atoms with E-state index in [2.05, 4.69) is 258 Å². The number of carbonyl (C=O) groups is 1. The van der Waals surface area contributed by atoms with Gasteiger partial charge in [-0.15, -0.1) is 0 Å². The van der Waals surface area contributed by atoms with Crippen LogP contribution in [0.1, 0.15) is 305 Å². The fourth-order valence-corrected chi connectivity index (χ4v) is 8.40. The molecular formula is C74H130N8O2. The number of piperidine rings is 1. The number of pyridine rings is 1. The second-order valence-electron chi connectivity index (χ2n) is 28.6. The fourth-order valence-electron chi connectivity index (χ4n) is 8.40. The molecule has 1 saturated heterocycles. The Morgan fingerprint density at radius 1 is 0.500 bits per heavy atom. The number of hydrogen-bond donors (Lipinski definition) is 2. The highest BCUT2D eigenvalue weighted by molar-refractivity contribution is 5.69. The van der Waals surface area contributed by atoms with Gasteiger partial charge in [0.15, 0.2) is 0 Å². The molecule has 84 heavy (non-hydrogen) atoms. The van der Waals surface area contributed by atoms with Gasteiger partial charge >= 0.3 is 5.97 Å². The van der Waals surface area contributed by atoms with Gasteiger partial charge in [0.25, 0.3) is 0 Å². The van der Waals surface area contributed by atoms with Crippen LogP contribution >= 0.6 is 0 Å². The Kier molecular flexibility index (Phi) is 37.7. The molecule has 0 bridgehead atoms. The summed E-state index contributed by atoms with van der Waals surface area (Å²) < 4.78 is 8.83. The summed E-state index contributed by atoms with van der Waals surface area (Å²) in [4.78, 5) is 18.3. The maximum atomic E-state index is 11.5. The van der Waals surface area contributed by atoms with Gasteiger partial charge in [-0.1, -0.05) is 179 Å². The van der Waals surface area contributed by atoms with Crippen molar-refractivity contribution in [3.63, 3.8) is 0 Å². The predicted octanol–water partition coefficient (Wildman–Crippen LogP) is 19.5. The minimum atomic E-state index is -0.439. The zero-order chi connectivity index (χ0) is 64.7. The molecule has 0 saturated carbocycles. The van der Waals surface area contributed by atoms with E-state index in [9.17, 15) is 4.79 Å². The Labute approximate surface area is 518 Å². The summed E-state index contributed by atoms with van der Waals surface area (Å²) >= 11 is 0. The maximum absolute atomic E-state index is 11.5. The summed E-state index contributed by atoms with van der Waals surface area (Å²) in [7, 11) is 0. The van der Waals surface area contributed by atoms with E-state index in [0.717, 1.165) is 30.6 Å². The highest BCUT2D eigenvalue weighted by Crippen LogP contribution is 2.24. The number of ether oxygens (including phenoxy) is 1. The quantitative estimate of drug-likeness (QED) is 0.0942. The smallest absolute Gasteiger partial charge is 0.328 e. The van der Waals surface area contributed by atoms with Gasteiger partial charge in [0, 0.05) is 48.5 Å². The number of nitrogens with one attached hydrogen (secondary N) is 2. The van der Waals surface area contributed by atoms with Crippen molar-refractivity contribution >= 4 is 5.97 Å². The fraction of sp³-hybridized carbons (Fsp3) is 0.676. The molecule has 478 valence electrons. The van der Waals surface area contributed by atoms with Gasteiger partial charge in [0.1, 0.15) is 12.1 Å². The second-order valence-corrected chi connectivity index (χ2v) is 28.6. The molecule has 6 rings (SSSR count). The van der Waals surface area contributed by atoms with E-state index in [4.69, 9.17) is 4.74 Å². The van der Waals surface area contributed by atoms with Crippen LogP contribution in [0.3, 0.4) is 0 Å². The van der Waals surface area contributed by atoms with Gasteiger partial charge in [-0.3, -0.25) is 19.1 Å². The van der Waals surface area contributed by atoms with Crippen LogP contribution in [0.15, 0.2) is 91.8 Å². The Hall–Kier alpha value is -4.64. The third-order valence-electron chi connectivity index (χ3n) is 14.2. The number of benzene rings is 2. The third kappa shape index (κ3) is 36.4. The van der Waals surface area contributed by atoms with Crippen LogP contribution in [0.4, 0.5) is 0 Å². The first-order valence-electron chi connectivity index (χ1n) is 32.5. The normalized spacial score (nSPS) is 13.1. The SMILES string of the molecule is CC.CC(C)N1CCC(CNC(C)(C)C)CC1.CC(C)c1cccc(C(C)C)c1.CC(C)c1cccc(C(C)C)c1.CC(C)c1cncc(C(C)C)c1.CC(C)c1cnn(CC(=O)OC(C)(C)C)c1.CC(C)c1cnn(CCNC(C)(C)C)c1. The van der Waals surface area contributed by atoms with Crippen molar-refractivity contribution < 1.29 is 9.53 Å². The molecule has 2 aromatic carbocycles. The molecule has 1 aliphatic rings. The van der Waals surface area contributed by atoms with Gasteiger partial charge in [0.2, 0.25) is 0 Å². The summed E-state index contributed by atoms with van der Waals surface area (Å²) in [6.07, 6.45) is 14.4. The topological polar surface area (TPSA) is 102 Å². The van der Waals surface area contributed by atoms with Gasteiger partial charge in [-0.25, -0.2) is 0 Å². The van der Waals surface area contributed by atoms with Gasteiger partial charge in [-0.05, 0) is 206 Å². The molecule has 0 aliphatic carbocycles. The minimum Gasteiger partial charge on any atom is -0.459 e. The molecule has 0 atom stereocenters. The first-order chi connectivity index (χ1) is 38.9. The van der Waals surface area contributed by atoms with Crippen molar-refractivity contribution in [2.75, 3.05) is 26.2 Å². The average Bonchev–Trinajstić information content (AvgIpc) is 4.13. The Morgan fingerprint density at radius 2 is 0.845 bits per heavy atom. The number of hydrogen-bond acceptors (Lipinski definition) is 8. The van der Waals surface area contributed by atoms with Crippen LogP contribution in [0, 0.1) is 5.92 Å². The monoisotopic (exact) mass is 1160 g/mol. The van der Waals surface area contributed by atoms with Crippen LogP contribution in [-0.4, -0.2) is 84.3 Å². The molecule has 10 heteroatoms. The molecule has 10 nitrogen and oxygen atoms in total. The molecular weight excluding hydrogens is 1030 g/mol. The number of aromatic nitrogens is 5. The zero-order valence-corrected chi connectivity index (χ0v) is 59.6. The van der Waals surface area contributed by atoms with Crippen LogP contribution in [0.2, 0.25) is 0 Å². The molecule has 0 unspecified atom stereocenters. The molecule has 3 aromatic heterocycles. The van der Waals surface area contributed by atoms with Crippen LogP contribution in [0.5, 0.6) is 0 Å². The number of carbonyl (C=O) groups excluding carboxylic acids is 1. The first kappa shape index (κ1) is 79.4. The first-order valence-corrected chi connectivity index (χ1v) is 32.5. The highest BCUT2D eigenvalue weighted by Gasteiger charge is 2.22. The minimum absolute atomic E-state index is 0.171. The summed E-state index contributed by atoms with van der Waals surface area (Å²) in [5.74, 6) is 5.35. The average molecular weight is 1160 g/mol. The molecule has 5 aromatic rings. The van der Waals surface area contributed by atoms with Crippen molar-refractivity contribution in [3.05, 3.63) is 136 Å². The number of likely N-dealkylation sites (tertiary alicyclic amines) is 1. The number of nitrogens with zero attached hydrogens (tertiary/aromatic N) is 6. The molecule has 0 spiro atoms. The predicted molar refractivity (Wildman–Crippen MR) is 366 cm³/mol. The lowest BCUT2D eigenvalue weighted by atomic mass is 9.95. The highest BCUT2D eigenvalue weighted by atomic mass is 16.6. The molecule has 0 radical (unpaired) electrons. The molecule has 2 N–H and O–H groups in total. The summed E-state index contributed by atoms with van der Waals surface area (Å²) in [5.41, 5.74) is 10.9. The van der Waals surface area contributed by atoms with Gasteiger partial charge in [-0.2, -0.15) is 10.2 Å². The van der Waals surface area contributed by atoms with Crippen molar-refractivity contribution in [3.8, 4) is 0 Å². The standard InChI is InChI=1S/C13H28N2.C12H23N3.C12H20N2O2.2C12H18.C11H17N.C2H6/c1-11(2)15-8-6-12(7-9-15)10-14-13(3,4)5;1-10(2)11-8-14-15(9-11)7-6-13-12(3,4)5;1-9(2)10-6-13-14(7-10)8-11(15)16-12(3,4)5;2*1-9(2)11-6-5-7-12(8-11)10(3)4;1-8(2)10-5-11(9(3)4)7-12-6-10;1-2/h11-12,14H,6-10H2,1-5H3;8-10,13H,6-7H2,1-5H3;6-7,9H,8H2,1-5H3;2*5-10H,1-4H3;5-9H,1-4H3;1-2H3. The molecule has 4 heterocycles. The van der Waals surface area contributed by atoms with Crippen molar-refractivity contribution in [2.45, 2.75) is 297 Å². The van der Waals surface area contributed by atoms with E-state index < -0.39 is 5.60 Å². The summed E-state index contributed by atoms with van der Waals surface area (Å²) in [6.45, 7) is 68.5. The zero-order valence-electron chi connectivity index (χ0n) is 59.6. The van der Waals surface area contributed by atoms with Gasteiger partial charge in [0.05, 0.1) is 18.9 Å². The van der Waals surface area contributed by atoms with Crippen molar-refractivity contribution in [1.82, 2.24) is 40.1 Å². The van der Waals surface area contributed by atoms with Crippen LogP contribution in [-0.2, 0) is 22.6 Å². The lowest BCUT2D eigenvalue weighted by Gasteiger charge is -2.35.